The summed E-state index contributed by atoms with van der Waals surface area (Å²) >= 11 is 0. The second-order valence-corrected chi connectivity index (χ2v) is 6.51. The van der Waals surface area contributed by atoms with Gasteiger partial charge in [0.05, 0.1) is 17.4 Å². The van der Waals surface area contributed by atoms with Crippen molar-refractivity contribution in [3.05, 3.63) is 82.9 Å². The highest BCUT2D eigenvalue weighted by atomic mass is 19.1. The Kier molecular flexibility index (Phi) is 3.64. The van der Waals surface area contributed by atoms with E-state index in [-0.39, 0.29) is 23.7 Å². The first-order chi connectivity index (χ1) is 12.1. The minimum atomic E-state index is -0.307. The van der Waals surface area contributed by atoms with Crippen LogP contribution in [-0.4, -0.2) is 15.7 Å². The SMILES string of the molecule is CC(C)c1c2c(nn1-c1ccccc1)C(=O)NC2c1ccc(F)cc1. The van der Waals surface area contributed by atoms with Gasteiger partial charge >= 0.3 is 0 Å². The van der Waals surface area contributed by atoms with Crippen molar-refractivity contribution in [2.45, 2.75) is 25.8 Å². The zero-order valence-electron chi connectivity index (χ0n) is 14.0. The molecule has 0 bridgehead atoms. The van der Waals surface area contributed by atoms with Gasteiger partial charge in [0.15, 0.2) is 5.69 Å². The van der Waals surface area contributed by atoms with Crippen molar-refractivity contribution in [2.75, 3.05) is 0 Å². The van der Waals surface area contributed by atoms with Crippen molar-refractivity contribution in [2.24, 2.45) is 0 Å². The molecule has 1 aliphatic heterocycles. The fourth-order valence-corrected chi connectivity index (χ4v) is 3.39. The molecule has 5 heteroatoms. The van der Waals surface area contributed by atoms with Crippen LogP contribution >= 0.6 is 0 Å². The number of carbonyl (C=O) groups is 1. The number of hydrogen-bond acceptors (Lipinski definition) is 2. The summed E-state index contributed by atoms with van der Waals surface area (Å²) in [5, 5.41) is 7.56. The summed E-state index contributed by atoms with van der Waals surface area (Å²) in [4.78, 5) is 12.5. The van der Waals surface area contributed by atoms with E-state index in [4.69, 9.17) is 0 Å². The lowest BCUT2D eigenvalue weighted by Gasteiger charge is -2.18. The summed E-state index contributed by atoms with van der Waals surface area (Å²) in [5.41, 5.74) is 4.10. The van der Waals surface area contributed by atoms with Crippen LogP contribution in [0.1, 0.15) is 53.1 Å². The van der Waals surface area contributed by atoms with Gasteiger partial charge in [-0.3, -0.25) is 4.79 Å². The number of halogens is 1. The van der Waals surface area contributed by atoms with Crippen LogP contribution in [0.4, 0.5) is 4.39 Å². The Hall–Kier alpha value is -2.95. The normalized spacial score (nSPS) is 16.2. The van der Waals surface area contributed by atoms with Crippen molar-refractivity contribution in [3.8, 4) is 5.69 Å². The minimum Gasteiger partial charge on any atom is -0.340 e. The molecule has 0 radical (unpaired) electrons. The van der Waals surface area contributed by atoms with Gasteiger partial charge in [0, 0.05) is 5.56 Å². The van der Waals surface area contributed by atoms with Crippen molar-refractivity contribution in [1.29, 1.82) is 0 Å². The Morgan fingerprint density at radius 3 is 2.40 bits per heavy atom. The first-order valence-corrected chi connectivity index (χ1v) is 8.31. The van der Waals surface area contributed by atoms with Gasteiger partial charge in [-0.2, -0.15) is 5.10 Å². The van der Waals surface area contributed by atoms with Crippen LogP contribution in [0.5, 0.6) is 0 Å². The highest BCUT2D eigenvalue weighted by Gasteiger charge is 2.37. The smallest absolute Gasteiger partial charge is 0.272 e. The van der Waals surface area contributed by atoms with Crippen LogP contribution in [0.25, 0.3) is 5.69 Å². The molecule has 4 rings (SSSR count). The summed E-state index contributed by atoms with van der Waals surface area (Å²) < 4.78 is 15.1. The second kappa shape index (κ2) is 5.84. The van der Waals surface area contributed by atoms with Crippen molar-refractivity contribution >= 4 is 5.91 Å². The molecule has 1 aromatic heterocycles. The molecule has 1 N–H and O–H groups in total. The molecule has 1 aliphatic rings. The van der Waals surface area contributed by atoms with Crippen LogP contribution in [-0.2, 0) is 0 Å². The predicted molar refractivity (Wildman–Crippen MR) is 93.4 cm³/mol. The van der Waals surface area contributed by atoms with E-state index in [1.165, 1.54) is 12.1 Å². The molecule has 0 saturated heterocycles. The fourth-order valence-electron chi connectivity index (χ4n) is 3.39. The van der Waals surface area contributed by atoms with Crippen molar-refractivity contribution in [3.63, 3.8) is 0 Å². The third-order valence-corrected chi connectivity index (χ3v) is 4.49. The lowest BCUT2D eigenvalue weighted by atomic mass is 9.95. The zero-order chi connectivity index (χ0) is 17.6. The van der Waals surface area contributed by atoms with Gasteiger partial charge < -0.3 is 5.32 Å². The minimum absolute atomic E-state index is 0.173. The van der Waals surface area contributed by atoms with Gasteiger partial charge in [-0.25, -0.2) is 9.07 Å². The number of nitrogens with one attached hydrogen (secondary N) is 1. The topological polar surface area (TPSA) is 46.9 Å². The van der Waals surface area contributed by atoms with E-state index in [9.17, 15) is 9.18 Å². The standard InChI is InChI=1S/C20H18FN3O/c1-12(2)19-16-17(13-8-10-14(21)11-9-13)22-20(25)18(16)23-24(19)15-6-4-3-5-7-15/h3-12,17H,1-2H3,(H,22,25). The monoisotopic (exact) mass is 335 g/mol. The molecule has 0 spiro atoms. The first-order valence-electron chi connectivity index (χ1n) is 8.31. The second-order valence-electron chi connectivity index (χ2n) is 6.51. The fraction of sp³-hybridized carbons (Fsp3) is 0.200. The summed E-state index contributed by atoms with van der Waals surface area (Å²) in [7, 11) is 0. The summed E-state index contributed by atoms with van der Waals surface area (Å²) in [6, 6.07) is 15.7. The number of fused-ring (bicyclic) bond motifs is 1. The van der Waals surface area contributed by atoms with Crippen molar-refractivity contribution < 1.29 is 9.18 Å². The number of nitrogens with zero attached hydrogens (tertiary/aromatic N) is 2. The molecule has 4 nitrogen and oxygen atoms in total. The Morgan fingerprint density at radius 1 is 1.08 bits per heavy atom. The molecule has 0 saturated carbocycles. The number of para-hydroxylation sites is 1. The average Bonchev–Trinajstić information content (AvgIpc) is 3.15. The quantitative estimate of drug-likeness (QED) is 0.787. The van der Waals surface area contributed by atoms with E-state index in [0.29, 0.717) is 5.69 Å². The summed E-state index contributed by atoms with van der Waals surface area (Å²) in [6.07, 6.45) is 0. The number of aromatic nitrogens is 2. The Morgan fingerprint density at radius 2 is 1.76 bits per heavy atom. The summed E-state index contributed by atoms with van der Waals surface area (Å²) in [5.74, 6) is -0.314. The number of hydrogen-bond donors (Lipinski definition) is 1. The molecule has 0 aliphatic carbocycles. The summed E-state index contributed by atoms with van der Waals surface area (Å²) in [6.45, 7) is 4.17. The predicted octanol–water partition coefficient (Wildman–Crippen LogP) is 3.97. The maximum atomic E-state index is 13.3. The van der Waals surface area contributed by atoms with E-state index in [1.807, 2.05) is 35.0 Å². The van der Waals surface area contributed by atoms with E-state index in [2.05, 4.69) is 24.3 Å². The number of carbonyl (C=O) groups excluding carboxylic acids is 1. The van der Waals surface area contributed by atoms with Gasteiger partial charge in [-0.1, -0.05) is 44.2 Å². The van der Waals surface area contributed by atoms with Crippen molar-refractivity contribution in [1.82, 2.24) is 15.1 Å². The van der Waals surface area contributed by atoms with E-state index < -0.39 is 0 Å². The van der Waals surface area contributed by atoms with Crippen LogP contribution in [0.3, 0.4) is 0 Å². The molecular formula is C20H18FN3O. The molecule has 3 aromatic rings. The molecule has 0 fully saturated rings. The maximum absolute atomic E-state index is 13.3. The van der Waals surface area contributed by atoms with Gasteiger partial charge in [-0.05, 0) is 35.7 Å². The highest BCUT2D eigenvalue weighted by molar-refractivity contribution is 5.98. The molecule has 25 heavy (non-hydrogen) atoms. The van der Waals surface area contributed by atoms with E-state index >= 15 is 0 Å². The molecule has 2 aromatic carbocycles. The van der Waals surface area contributed by atoms with Crippen LogP contribution in [0.2, 0.25) is 0 Å². The van der Waals surface area contributed by atoms with Gasteiger partial charge in [0.1, 0.15) is 5.82 Å². The molecule has 1 amide bonds. The van der Waals surface area contributed by atoms with E-state index in [0.717, 1.165) is 22.5 Å². The zero-order valence-corrected chi connectivity index (χ0v) is 14.0. The first kappa shape index (κ1) is 15.6. The third-order valence-electron chi connectivity index (χ3n) is 4.49. The van der Waals surface area contributed by atoms with Gasteiger partial charge in [-0.15, -0.1) is 0 Å². The lowest BCUT2D eigenvalue weighted by molar-refractivity contribution is 0.0955. The Balaban J connectivity index is 1.91. The van der Waals surface area contributed by atoms with Crippen LogP contribution in [0.15, 0.2) is 54.6 Å². The van der Waals surface area contributed by atoms with Gasteiger partial charge in [0.2, 0.25) is 0 Å². The largest absolute Gasteiger partial charge is 0.340 e. The lowest BCUT2D eigenvalue weighted by Crippen LogP contribution is -2.22. The van der Waals surface area contributed by atoms with E-state index in [1.54, 1.807) is 12.1 Å². The van der Waals surface area contributed by atoms with Gasteiger partial charge in [0.25, 0.3) is 5.91 Å². The molecule has 1 atom stereocenters. The number of rotatable bonds is 3. The molecular weight excluding hydrogens is 317 g/mol. The van der Waals surface area contributed by atoms with Crippen LogP contribution < -0.4 is 5.32 Å². The highest BCUT2D eigenvalue weighted by Crippen LogP contribution is 2.37. The molecule has 2 heterocycles. The average molecular weight is 335 g/mol. The Bertz CT molecular complexity index is 930. The number of benzene rings is 2. The molecule has 126 valence electrons. The Labute approximate surface area is 145 Å². The third kappa shape index (κ3) is 2.52. The maximum Gasteiger partial charge on any atom is 0.272 e. The van der Waals surface area contributed by atoms with Crippen LogP contribution in [0, 0.1) is 5.82 Å². The molecule has 1 unspecified atom stereocenters. The number of amides is 1.